The molecule has 2 unspecified atom stereocenters. The molecule has 0 bridgehead atoms. The van der Waals surface area contributed by atoms with Gasteiger partial charge in [-0.25, -0.2) is 0 Å². The molecule has 1 aromatic heterocycles. The number of aromatic nitrogens is 2. The Hall–Kier alpha value is -1.85. The number of anilines is 1. The highest BCUT2D eigenvalue weighted by molar-refractivity contribution is 5.70. The third kappa shape index (κ3) is 3.81. The summed E-state index contributed by atoms with van der Waals surface area (Å²) in [6, 6.07) is 0.143. The Labute approximate surface area is 112 Å². The van der Waals surface area contributed by atoms with E-state index in [0.29, 0.717) is 24.5 Å². The zero-order valence-corrected chi connectivity index (χ0v) is 11.2. The van der Waals surface area contributed by atoms with Gasteiger partial charge in [0.2, 0.25) is 5.88 Å². The van der Waals surface area contributed by atoms with E-state index in [1.54, 1.807) is 12.4 Å². The summed E-state index contributed by atoms with van der Waals surface area (Å²) in [4.78, 5) is 19.3. The fourth-order valence-corrected chi connectivity index (χ4v) is 2.26. The second-order valence-corrected chi connectivity index (χ2v) is 5.10. The molecule has 0 saturated heterocycles. The zero-order chi connectivity index (χ0) is 13.8. The highest BCUT2D eigenvalue weighted by atomic mass is 16.5. The maximum Gasteiger partial charge on any atom is 0.306 e. The van der Waals surface area contributed by atoms with Gasteiger partial charge >= 0.3 is 5.97 Å². The molecule has 1 aliphatic rings. The quantitative estimate of drug-likeness (QED) is 0.846. The van der Waals surface area contributed by atoms with Crippen molar-refractivity contribution in [2.24, 2.45) is 5.92 Å². The number of ether oxygens (including phenoxy) is 1. The molecule has 0 amide bonds. The van der Waals surface area contributed by atoms with E-state index in [4.69, 9.17) is 9.84 Å². The first-order valence-corrected chi connectivity index (χ1v) is 6.52. The third-order valence-electron chi connectivity index (χ3n) is 3.10. The zero-order valence-electron chi connectivity index (χ0n) is 11.2. The molecule has 2 N–H and O–H groups in total. The summed E-state index contributed by atoms with van der Waals surface area (Å²) in [5, 5.41) is 12.2. The Bertz CT molecular complexity index is 451. The average molecular weight is 265 g/mol. The topological polar surface area (TPSA) is 84.3 Å². The molecule has 0 spiro atoms. The second-order valence-electron chi connectivity index (χ2n) is 5.10. The van der Waals surface area contributed by atoms with Crippen molar-refractivity contribution >= 4 is 11.8 Å². The fraction of sp³-hybridized carbons (Fsp3) is 0.615. The summed E-state index contributed by atoms with van der Waals surface area (Å²) in [6.45, 7) is 3.85. The minimum atomic E-state index is -0.715. The summed E-state index contributed by atoms with van der Waals surface area (Å²) in [6.07, 6.45) is 5.43. The van der Waals surface area contributed by atoms with Crippen LogP contribution in [0, 0.1) is 5.92 Å². The highest BCUT2D eigenvalue weighted by Gasteiger charge is 2.29. The van der Waals surface area contributed by atoms with Gasteiger partial charge in [0.05, 0.1) is 24.4 Å². The number of aliphatic carboxylic acids is 1. The van der Waals surface area contributed by atoms with Crippen LogP contribution in [0.15, 0.2) is 12.4 Å². The van der Waals surface area contributed by atoms with Crippen LogP contribution >= 0.6 is 0 Å². The van der Waals surface area contributed by atoms with Gasteiger partial charge in [0.1, 0.15) is 5.82 Å². The minimum Gasteiger partial charge on any atom is -0.481 e. The van der Waals surface area contributed by atoms with Crippen LogP contribution in [-0.4, -0.2) is 33.2 Å². The van der Waals surface area contributed by atoms with E-state index >= 15 is 0 Å². The van der Waals surface area contributed by atoms with Gasteiger partial charge in [-0.1, -0.05) is 0 Å². The molecular formula is C13H19N3O3. The van der Waals surface area contributed by atoms with E-state index < -0.39 is 5.97 Å². The summed E-state index contributed by atoms with van der Waals surface area (Å²) in [7, 11) is 0. The van der Waals surface area contributed by atoms with Crippen molar-refractivity contribution in [3.05, 3.63) is 12.4 Å². The van der Waals surface area contributed by atoms with Crippen LogP contribution in [0.1, 0.15) is 33.1 Å². The molecule has 6 nitrogen and oxygen atoms in total. The van der Waals surface area contributed by atoms with Gasteiger partial charge in [-0.05, 0) is 33.1 Å². The van der Waals surface area contributed by atoms with Gasteiger partial charge < -0.3 is 15.2 Å². The summed E-state index contributed by atoms with van der Waals surface area (Å²) in [5.41, 5.74) is 0. The molecule has 1 aromatic rings. The summed E-state index contributed by atoms with van der Waals surface area (Å²) in [5.74, 6) is 0.148. The summed E-state index contributed by atoms with van der Waals surface area (Å²) >= 11 is 0. The Balaban J connectivity index is 1.94. The largest absolute Gasteiger partial charge is 0.481 e. The Morgan fingerprint density at radius 1 is 1.47 bits per heavy atom. The van der Waals surface area contributed by atoms with Crippen molar-refractivity contribution in [1.82, 2.24) is 9.97 Å². The summed E-state index contributed by atoms with van der Waals surface area (Å²) < 4.78 is 5.47. The molecule has 2 atom stereocenters. The van der Waals surface area contributed by atoms with Gasteiger partial charge in [0, 0.05) is 6.04 Å². The van der Waals surface area contributed by atoms with Crippen molar-refractivity contribution in [2.45, 2.75) is 45.3 Å². The lowest BCUT2D eigenvalue weighted by Gasteiger charge is -2.14. The van der Waals surface area contributed by atoms with E-state index in [1.807, 2.05) is 13.8 Å². The lowest BCUT2D eigenvalue weighted by Crippen LogP contribution is -2.19. The van der Waals surface area contributed by atoms with E-state index in [9.17, 15) is 4.79 Å². The Morgan fingerprint density at radius 2 is 2.26 bits per heavy atom. The molecule has 1 saturated carbocycles. The van der Waals surface area contributed by atoms with Crippen molar-refractivity contribution in [2.75, 3.05) is 5.32 Å². The smallest absolute Gasteiger partial charge is 0.306 e. The van der Waals surface area contributed by atoms with Crippen LogP contribution in [0.3, 0.4) is 0 Å². The number of carbonyl (C=O) groups is 1. The monoisotopic (exact) mass is 265 g/mol. The fourth-order valence-electron chi connectivity index (χ4n) is 2.26. The Kier molecular flexibility index (Phi) is 4.19. The van der Waals surface area contributed by atoms with Gasteiger partial charge in [-0.2, -0.15) is 4.98 Å². The molecule has 0 aromatic carbocycles. The van der Waals surface area contributed by atoms with Gasteiger partial charge in [0.15, 0.2) is 0 Å². The van der Waals surface area contributed by atoms with Crippen LogP contribution in [0.2, 0.25) is 0 Å². The van der Waals surface area contributed by atoms with E-state index in [2.05, 4.69) is 15.3 Å². The van der Waals surface area contributed by atoms with Gasteiger partial charge in [-0.3, -0.25) is 9.78 Å². The first kappa shape index (κ1) is 13.6. The number of carboxylic acids is 1. The molecule has 1 heterocycles. The molecular weight excluding hydrogens is 246 g/mol. The first-order valence-electron chi connectivity index (χ1n) is 6.52. The van der Waals surface area contributed by atoms with Crippen LogP contribution in [0.4, 0.5) is 5.82 Å². The van der Waals surface area contributed by atoms with Crippen LogP contribution in [-0.2, 0) is 4.79 Å². The van der Waals surface area contributed by atoms with Crippen molar-refractivity contribution in [1.29, 1.82) is 0 Å². The second kappa shape index (κ2) is 5.86. The van der Waals surface area contributed by atoms with Crippen molar-refractivity contribution in [3.63, 3.8) is 0 Å². The number of nitrogens with zero attached hydrogens (tertiary/aromatic N) is 2. The maximum atomic E-state index is 10.9. The number of hydrogen-bond acceptors (Lipinski definition) is 5. The normalized spacial score (nSPS) is 22.5. The molecule has 19 heavy (non-hydrogen) atoms. The number of nitrogens with one attached hydrogen (secondary N) is 1. The first-order chi connectivity index (χ1) is 9.04. The van der Waals surface area contributed by atoms with Crippen molar-refractivity contribution < 1.29 is 14.6 Å². The number of rotatable bonds is 5. The third-order valence-corrected chi connectivity index (χ3v) is 3.10. The van der Waals surface area contributed by atoms with E-state index in [0.717, 1.165) is 6.42 Å². The highest BCUT2D eigenvalue weighted by Crippen LogP contribution is 2.28. The molecule has 1 aliphatic carbocycles. The van der Waals surface area contributed by atoms with Crippen molar-refractivity contribution in [3.8, 4) is 5.88 Å². The lowest BCUT2D eigenvalue weighted by atomic mass is 10.1. The number of hydrogen-bond donors (Lipinski definition) is 2. The standard InChI is InChI=1S/C13H19N3O3/c1-8(2)19-12-7-14-6-11(16-12)15-10-4-3-9(5-10)13(17)18/h6-10H,3-5H2,1-2H3,(H,15,16)(H,17,18). The minimum absolute atomic E-state index is 0.0485. The van der Waals surface area contributed by atoms with Crippen LogP contribution in [0.5, 0.6) is 5.88 Å². The Morgan fingerprint density at radius 3 is 2.89 bits per heavy atom. The molecule has 6 heteroatoms. The molecule has 0 radical (unpaired) electrons. The van der Waals surface area contributed by atoms with Crippen LogP contribution in [0.25, 0.3) is 0 Å². The predicted octanol–water partition coefficient (Wildman–Crippen LogP) is 1.93. The van der Waals surface area contributed by atoms with Crippen LogP contribution < -0.4 is 10.1 Å². The molecule has 104 valence electrons. The molecule has 1 fully saturated rings. The average Bonchev–Trinajstić information content (AvgIpc) is 2.77. The molecule has 0 aliphatic heterocycles. The van der Waals surface area contributed by atoms with Gasteiger partial charge in [-0.15, -0.1) is 0 Å². The van der Waals surface area contributed by atoms with E-state index in [1.165, 1.54) is 0 Å². The predicted molar refractivity (Wildman–Crippen MR) is 70.2 cm³/mol. The number of carboxylic acid groups (broad SMARTS) is 1. The SMILES string of the molecule is CC(C)Oc1cncc(NC2CCC(C(=O)O)C2)n1. The lowest BCUT2D eigenvalue weighted by molar-refractivity contribution is -0.141. The van der Waals surface area contributed by atoms with Gasteiger partial charge in [0.25, 0.3) is 0 Å². The maximum absolute atomic E-state index is 10.9. The van der Waals surface area contributed by atoms with E-state index in [-0.39, 0.29) is 18.1 Å². The molecule has 2 rings (SSSR count).